The third-order valence-corrected chi connectivity index (χ3v) is 5.45. The summed E-state index contributed by atoms with van der Waals surface area (Å²) in [5.41, 5.74) is 1.13. The Morgan fingerprint density at radius 3 is 2.87 bits per heavy atom. The van der Waals surface area contributed by atoms with Gasteiger partial charge in [0.25, 0.3) is 0 Å². The first kappa shape index (κ1) is 16.2. The number of ether oxygens (including phenoxy) is 1. The lowest BCUT2D eigenvalue weighted by atomic mass is 9.98. The summed E-state index contributed by atoms with van der Waals surface area (Å²) in [5, 5.41) is 4.64. The van der Waals surface area contributed by atoms with Crippen molar-refractivity contribution in [2.45, 2.75) is 18.8 Å². The first-order chi connectivity index (χ1) is 11.3. The van der Waals surface area contributed by atoms with Crippen LogP contribution in [0.25, 0.3) is 10.2 Å². The number of rotatable bonds is 4. The number of thiazole rings is 1. The Bertz CT molecular complexity index is 628. The lowest BCUT2D eigenvalue weighted by Gasteiger charge is -2.33. The maximum atomic E-state index is 5.08. The van der Waals surface area contributed by atoms with E-state index >= 15 is 0 Å². The molecule has 0 atom stereocenters. The van der Waals surface area contributed by atoms with Gasteiger partial charge in [0.1, 0.15) is 0 Å². The second-order valence-corrected chi connectivity index (χ2v) is 6.81. The van der Waals surface area contributed by atoms with Gasteiger partial charge in [-0.05, 0) is 25.0 Å². The van der Waals surface area contributed by atoms with E-state index < -0.39 is 0 Å². The molecule has 0 spiro atoms. The number of fused-ring (bicyclic) bond motifs is 1. The van der Waals surface area contributed by atoms with Crippen LogP contribution in [0.5, 0.6) is 0 Å². The minimum atomic E-state index is 0.570. The molecular weight excluding hydrogens is 308 g/mol. The van der Waals surface area contributed by atoms with Crippen LogP contribution in [0.15, 0.2) is 29.3 Å². The zero-order valence-electron chi connectivity index (χ0n) is 13.8. The van der Waals surface area contributed by atoms with Crippen LogP contribution in [0, 0.1) is 0 Å². The van der Waals surface area contributed by atoms with Crippen molar-refractivity contribution in [2.75, 3.05) is 40.4 Å². The van der Waals surface area contributed by atoms with E-state index in [0.29, 0.717) is 12.5 Å². The van der Waals surface area contributed by atoms with Crippen LogP contribution >= 0.6 is 11.3 Å². The highest BCUT2D eigenvalue weighted by molar-refractivity contribution is 7.18. The molecule has 3 rings (SSSR count). The number of aliphatic imine (C=N–C) groups is 1. The molecule has 0 bridgehead atoms. The van der Waals surface area contributed by atoms with E-state index in [1.165, 1.54) is 9.71 Å². The van der Waals surface area contributed by atoms with Crippen LogP contribution in [0.1, 0.15) is 23.8 Å². The fourth-order valence-corrected chi connectivity index (χ4v) is 4.14. The van der Waals surface area contributed by atoms with E-state index in [0.717, 1.165) is 44.0 Å². The van der Waals surface area contributed by atoms with Crippen molar-refractivity contribution in [2.24, 2.45) is 4.99 Å². The fourth-order valence-electron chi connectivity index (χ4n) is 3.00. The number of likely N-dealkylation sites (tertiary alicyclic amines) is 1. The zero-order valence-corrected chi connectivity index (χ0v) is 14.6. The monoisotopic (exact) mass is 332 g/mol. The second-order valence-electron chi connectivity index (χ2n) is 5.75. The van der Waals surface area contributed by atoms with Gasteiger partial charge in [-0.15, -0.1) is 11.3 Å². The Kier molecular flexibility index (Phi) is 5.46. The average molecular weight is 332 g/mol. The van der Waals surface area contributed by atoms with E-state index in [1.54, 1.807) is 7.11 Å². The quantitative estimate of drug-likeness (QED) is 0.531. The van der Waals surface area contributed by atoms with E-state index in [4.69, 9.17) is 9.72 Å². The predicted octanol–water partition coefficient (Wildman–Crippen LogP) is 2.70. The third-order valence-electron chi connectivity index (χ3n) is 4.26. The van der Waals surface area contributed by atoms with Crippen LogP contribution in [-0.4, -0.2) is 56.2 Å². The van der Waals surface area contributed by atoms with Crippen molar-refractivity contribution in [1.82, 2.24) is 15.2 Å². The van der Waals surface area contributed by atoms with Gasteiger partial charge < -0.3 is 15.0 Å². The summed E-state index contributed by atoms with van der Waals surface area (Å²) in [6.45, 7) is 3.53. The standard InChI is InChI=1S/C17H24N4OS/c1-18-17(19-9-12-22-2)21-10-7-13(8-11-21)16-20-14-5-3-4-6-15(14)23-16/h3-6,13H,7-12H2,1-2H3,(H,18,19). The molecule has 0 aliphatic carbocycles. The Morgan fingerprint density at radius 1 is 1.39 bits per heavy atom. The molecule has 1 aromatic heterocycles. The predicted molar refractivity (Wildman–Crippen MR) is 96.4 cm³/mol. The molecule has 1 N–H and O–H groups in total. The summed E-state index contributed by atoms with van der Waals surface area (Å²) < 4.78 is 6.38. The topological polar surface area (TPSA) is 49.8 Å². The van der Waals surface area contributed by atoms with Gasteiger partial charge in [-0.2, -0.15) is 0 Å². The Morgan fingerprint density at radius 2 is 2.17 bits per heavy atom. The highest BCUT2D eigenvalue weighted by Gasteiger charge is 2.24. The number of nitrogens with zero attached hydrogens (tertiary/aromatic N) is 3. The van der Waals surface area contributed by atoms with Gasteiger partial charge in [-0.1, -0.05) is 12.1 Å². The molecule has 1 aromatic carbocycles. The number of guanidine groups is 1. The van der Waals surface area contributed by atoms with E-state index in [9.17, 15) is 0 Å². The highest BCUT2D eigenvalue weighted by Crippen LogP contribution is 2.33. The lowest BCUT2D eigenvalue weighted by Crippen LogP contribution is -2.46. The Balaban J connectivity index is 1.59. The minimum absolute atomic E-state index is 0.570. The number of methoxy groups -OCH3 is 1. The van der Waals surface area contributed by atoms with Crippen LogP contribution in [0.2, 0.25) is 0 Å². The molecule has 23 heavy (non-hydrogen) atoms. The summed E-state index contributed by atoms with van der Waals surface area (Å²) in [4.78, 5) is 11.5. The molecule has 2 heterocycles. The van der Waals surface area contributed by atoms with Gasteiger partial charge in [0.05, 0.1) is 21.8 Å². The van der Waals surface area contributed by atoms with E-state index in [-0.39, 0.29) is 0 Å². The number of nitrogens with one attached hydrogen (secondary N) is 1. The first-order valence-corrected chi connectivity index (χ1v) is 8.93. The number of hydrogen-bond donors (Lipinski definition) is 1. The van der Waals surface area contributed by atoms with Gasteiger partial charge in [0.2, 0.25) is 0 Å². The average Bonchev–Trinajstić information content (AvgIpc) is 3.03. The maximum Gasteiger partial charge on any atom is 0.193 e. The van der Waals surface area contributed by atoms with Crippen molar-refractivity contribution in [1.29, 1.82) is 0 Å². The van der Waals surface area contributed by atoms with Gasteiger partial charge in [0.15, 0.2) is 5.96 Å². The molecule has 124 valence electrons. The van der Waals surface area contributed by atoms with Crippen molar-refractivity contribution in [3.05, 3.63) is 29.3 Å². The number of aromatic nitrogens is 1. The van der Waals surface area contributed by atoms with Gasteiger partial charge in [-0.25, -0.2) is 4.98 Å². The summed E-state index contributed by atoms with van der Waals surface area (Å²) in [7, 11) is 3.56. The zero-order chi connectivity index (χ0) is 16.1. The summed E-state index contributed by atoms with van der Waals surface area (Å²) in [6.07, 6.45) is 2.26. The number of piperidine rings is 1. The van der Waals surface area contributed by atoms with Crippen LogP contribution in [0.3, 0.4) is 0 Å². The molecule has 0 saturated carbocycles. The summed E-state index contributed by atoms with van der Waals surface area (Å²) in [5.74, 6) is 1.55. The molecule has 0 radical (unpaired) electrons. The largest absolute Gasteiger partial charge is 0.383 e. The molecule has 1 aliphatic rings. The summed E-state index contributed by atoms with van der Waals surface area (Å²) >= 11 is 1.84. The van der Waals surface area contributed by atoms with E-state index in [1.807, 2.05) is 18.4 Å². The molecule has 6 heteroatoms. The van der Waals surface area contributed by atoms with Crippen LogP contribution < -0.4 is 5.32 Å². The Hall–Kier alpha value is -1.66. The second kappa shape index (κ2) is 7.75. The van der Waals surface area contributed by atoms with E-state index in [2.05, 4.69) is 39.5 Å². The number of para-hydroxylation sites is 1. The molecule has 1 fully saturated rings. The normalized spacial score (nSPS) is 17.0. The number of benzene rings is 1. The molecule has 2 aromatic rings. The van der Waals surface area contributed by atoms with Crippen molar-refractivity contribution >= 4 is 27.5 Å². The molecule has 1 aliphatic heterocycles. The smallest absolute Gasteiger partial charge is 0.193 e. The Labute approximate surface area is 141 Å². The lowest BCUT2D eigenvalue weighted by molar-refractivity contribution is 0.201. The molecule has 1 saturated heterocycles. The SMILES string of the molecule is CN=C(NCCOC)N1CCC(c2nc3ccccc3s2)CC1. The molecule has 0 unspecified atom stereocenters. The fraction of sp³-hybridized carbons (Fsp3) is 0.529. The highest BCUT2D eigenvalue weighted by atomic mass is 32.1. The van der Waals surface area contributed by atoms with Crippen molar-refractivity contribution in [3.8, 4) is 0 Å². The van der Waals surface area contributed by atoms with Crippen LogP contribution in [0.4, 0.5) is 0 Å². The third kappa shape index (κ3) is 3.82. The van der Waals surface area contributed by atoms with Gasteiger partial charge in [-0.3, -0.25) is 4.99 Å². The summed E-state index contributed by atoms with van der Waals surface area (Å²) in [6, 6.07) is 8.41. The van der Waals surface area contributed by atoms with Gasteiger partial charge in [0, 0.05) is 39.7 Å². The molecular formula is C17H24N4OS. The minimum Gasteiger partial charge on any atom is -0.383 e. The van der Waals surface area contributed by atoms with Crippen molar-refractivity contribution < 1.29 is 4.74 Å². The van der Waals surface area contributed by atoms with Crippen molar-refractivity contribution in [3.63, 3.8) is 0 Å². The molecule has 0 amide bonds. The molecule has 5 nitrogen and oxygen atoms in total. The first-order valence-electron chi connectivity index (χ1n) is 8.12. The van der Waals surface area contributed by atoms with Crippen LogP contribution in [-0.2, 0) is 4.74 Å². The van der Waals surface area contributed by atoms with Gasteiger partial charge >= 0.3 is 0 Å². The number of hydrogen-bond acceptors (Lipinski definition) is 4. The maximum absolute atomic E-state index is 5.08.